The van der Waals surface area contributed by atoms with Crippen molar-refractivity contribution in [2.45, 2.75) is 33.3 Å². The SMILES string of the molecule is CCOC(=O)c1cccnc1C(=O)OC(C)(C)C. The minimum atomic E-state index is -0.638. The Bertz CT molecular complexity index is 449. The van der Waals surface area contributed by atoms with E-state index in [2.05, 4.69) is 4.98 Å². The molecule has 18 heavy (non-hydrogen) atoms. The van der Waals surface area contributed by atoms with Crippen LogP contribution in [0.4, 0.5) is 0 Å². The number of nitrogens with zero attached hydrogens (tertiary/aromatic N) is 1. The second-order valence-electron chi connectivity index (χ2n) is 4.62. The summed E-state index contributed by atoms with van der Waals surface area (Å²) in [6.07, 6.45) is 1.43. The van der Waals surface area contributed by atoms with Crippen LogP contribution in [-0.4, -0.2) is 29.1 Å². The predicted octanol–water partition coefficient (Wildman–Crippen LogP) is 2.21. The zero-order chi connectivity index (χ0) is 13.8. The summed E-state index contributed by atoms with van der Waals surface area (Å²) >= 11 is 0. The van der Waals surface area contributed by atoms with Gasteiger partial charge < -0.3 is 9.47 Å². The molecule has 0 aromatic carbocycles. The van der Waals surface area contributed by atoms with E-state index >= 15 is 0 Å². The second-order valence-corrected chi connectivity index (χ2v) is 4.62. The second kappa shape index (κ2) is 5.62. The van der Waals surface area contributed by atoms with Crippen LogP contribution in [0.3, 0.4) is 0 Å². The van der Waals surface area contributed by atoms with Gasteiger partial charge in [-0.1, -0.05) is 0 Å². The average molecular weight is 251 g/mol. The molecule has 1 heterocycles. The highest BCUT2D eigenvalue weighted by Gasteiger charge is 2.24. The molecule has 0 saturated carbocycles. The monoisotopic (exact) mass is 251 g/mol. The summed E-state index contributed by atoms with van der Waals surface area (Å²) in [6.45, 7) is 7.18. The Kier molecular flexibility index (Phi) is 4.42. The molecular formula is C13H17NO4. The maximum absolute atomic E-state index is 11.9. The van der Waals surface area contributed by atoms with Crippen LogP contribution in [0.5, 0.6) is 0 Å². The van der Waals surface area contributed by atoms with E-state index in [1.807, 2.05) is 0 Å². The zero-order valence-electron chi connectivity index (χ0n) is 11.0. The van der Waals surface area contributed by atoms with Crippen molar-refractivity contribution in [3.8, 4) is 0 Å². The van der Waals surface area contributed by atoms with E-state index in [1.54, 1.807) is 33.8 Å². The van der Waals surface area contributed by atoms with E-state index in [9.17, 15) is 9.59 Å². The Morgan fingerprint density at radius 3 is 2.50 bits per heavy atom. The van der Waals surface area contributed by atoms with Gasteiger partial charge in [0.1, 0.15) is 5.60 Å². The number of rotatable bonds is 3. The molecule has 5 heteroatoms. The molecule has 0 saturated heterocycles. The van der Waals surface area contributed by atoms with Crippen molar-refractivity contribution in [2.75, 3.05) is 6.61 Å². The molecule has 0 fully saturated rings. The Balaban J connectivity index is 3.02. The molecule has 0 amide bonds. The van der Waals surface area contributed by atoms with Crippen LogP contribution in [-0.2, 0) is 9.47 Å². The molecule has 0 spiro atoms. The van der Waals surface area contributed by atoms with Crippen LogP contribution >= 0.6 is 0 Å². The summed E-state index contributed by atoms with van der Waals surface area (Å²) < 4.78 is 10.0. The number of pyridine rings is 1. The van der Waals surface area contributed by atoms with Crippen molar-refractivity contribution in [2.24, 2.45) is 0 Å². The fourth-order valence-electron chi connectivity index (χ4n) is 1.27. The molecule has 1 rings (SSSR count). The largest absolute Gasteiger partial charge is 0.462 e. The molecule has 0 aliphatic rings. The van der Waals surface area contributed by atoms with Crippen molar-refractivity contribution in [3.63, 3.8) is 0 Å². The third-order valence-corrected chi connectivity index (χ3v) is 1.90. The molecule has 0 atom stereocenters. The molecule has 0 N–H and O–H groups in total. The predicted molar refractivity (Wildman–Crippen MR) is 65.4 cm³/mol. The lowest BCUT2D eigenvalue weighted by molar-refractivity contribution is 0.00574. The van der Waals surface area contributed by atoms with E-state index in [0.29, 0.717) is 0 Å². The maximum atomic E-state index is 11.9. The van der Waals surface area contributed by atoms with Gasteiger partial charge in [-0.25, -0.2) is 14.6 Å². The lowest BCUT2D eigenvalue weighted by Gasteiger charge is -2.19. The molecule has 1 aromatic rings. The fraction of sp³-hybridized carbons (Fsp3) is 0.462. The first kappa shape index (κ1) is 14.2. The van der Waals surface area contributed by atoms with Crippen molar-refractivity contribution in [1.29, 1.82) is 0 Å². The molecule has 0 aliphatic heterocycles. The lowest BCUT2D eigenvalue weighted by atomic mass is 10.1. The van der Waals surface area contributed by atoms with Crippen molar-refractivity contribution in [1.82, 2.24) is 4.98 Å². The van der Waals surface area contributed by atoms with Gasteiger partial charge >= 0.3 is 11.9 Å². The van der Waals surface area contributed by atoms with Gasteiger partial charge in [-0.15, -0.1) is 0 Å². The van der Waals surface area contributed by atoms with Gasteiger partial charge in [-0.3, -0.25) is 0 Å². The van der Waals surface area contributed by atoms with Gasteiger partial charge in [0.05, 0.1) is 12.2 Å². The minimum Gasteiger partial charge on any atom is -0.462 e. The molecular weight excluding hydrogens is 234 g/mol. The molecule has 98 valence electrons. The zero-order valence-corrected chi connectivity index (χ0v) is 11.0. The molecule has 5 nitrogen and oxygen atoms in total. The van der Waals surface area contributed by atoms with Gasteiger partial charge in [0.15, 0.2) is 5.69 Å². The van der Waals surface area contributed by atoms with Crippen LogP contribution in [0.15, 0.2) is 18.3 Å². The summed E-state index contributed by atoms with van der Waals surface area (Å²) in [4.78, 5) is 27.5. The van der Waals surface area contributed by atoms with Crippen LogP contribution in [0.1, 0.15) is 48.5 Å². The van der Waals surface area contributed by atoms with Gasteiger partial charge in [0, 0.05) is 6.20 Å². The number of aromatic nitrogens is 1. The lowest BCUT2D eigenvalue weighted by Crippen LogP contribution is -2.26. The number of hydrogen-bond acceptors (Lipinski definition) is 5. The number of ether oxygens (including phenoxy) is 2. The Hall–Kier alpha value is -1.91. The number of carbonyl (C=O) groups excluding carboxylic acids is 2. The Morgan fingerprint density at radius 2 is 1.94 bits per heavy atom. The smallest absolute Gasteiger partial charge is 0.358 e. The van der Waals surface area contributed by atoms with Crippen molar-refractivity contribution in [3.05, 3.63) is 29.6 Å². The van der Waals surface area contributed by atoms with E-state index in [-0.39, 0.29) is 17.9 Å². The number of carbonyl (C=O) groups is 2. The summed E-state index contributed by atoms with van der Waals surface area (Å²) in [5.41, 5.74) is -0.542. The molecule has 1 aromatic heterocycles. The van der Waals surface area contributed by atoms with E-state index in [4.69, 9.17) is 9.47 Å². The van der Waals surface area contributed by atoms with Gasteiger partial charge in [0.2, 0.25) is 0 Å². The fourth-order valence-corrected chi connectivity index (χ4v) is 1.27. The average Bonchev–Trinajstić information content (AvgIpc) is 2.27. The third-order valence-electron chi connectivity index (χ3n) is 1.90. The van der Waals surface area contributed by atoms with Crippen molar-refractivity contribution < 1.29 is 19.1 Å². The number of hydrogen-bond donors (Lipinski definition) is 0. The summed E-state index contributed by atoms with van der Waals surface area (Å²) in [6, 6.07) is 3.06. The first-order valence-corrected chi connectivity index (χ1v) is 5.70. The van der Waals surface area contributed by atoms with E-state index < -0.39 is 17.5 Å². The molecule has 0 unspecified atom stereocenters. The maximum Gasteiger partial charge on any atom is 0.358 e. The minimum absolute atomic E-state index is 0.0223. The first-order valence-electron chi connectivity index (χ1n) is 5.70. The van der Waals surface area contributed by atoms with Crippen LogP contribution in [0.2, 0.25) is 0 Å². The van der Waals surface area contributed by atoms with Crippen LogP contribution < -0.4 is 0 Å². The Morgan fingerprint density at radius 1 is 1.28 bits per heavy atom. The van der Waals surface area contributed by atoms with Gasteiger partial charge in [-0.05, 0) is 39.8 Å². The molecule has 0 bridgehead atoms. The quantitative estimate of drug-likeness (QED) is 0.770. The van der Waals surface area contributed by atoms with Crippen LogP contribution in [0.25, 0.3) is 0 Å². The molecule has 0 aliphatic carbocycles. The molecule has 0 radical (unpaired) electrons. The standard InChI is InChI=1S/C13H17NO4/c1-5-17-11(15)9-7-6-8-14-10(9)12(16)18-13(2,3)4/h6-8H,5H2,1-4H3. The highest BCUT2D eigenvalue weighted by Crippen LogP contribution is 2.14. The highest BCUT2D eigenvalue weighted by molar-refractivity contribution is 6.01. The van der Waals surface area contributed by atoms with E-state index in [0.717, 1.165) is 0 Å². The van der Waals surface area contributed by atoms with E-state index in [1.165, 1.54) is 12.3 Å². The normalized spacial score (nSPS) is 10.9. The summed E-state index contributed by atoms with van der Waals surface area (Å²) in [5.74, 6) is -1.21. The van der Waals surface area contributed by atoms with Crippen molar-refractivity contribution >= 4 is 11.9 Å². The van der Waals surface area contributed by atoms with Crippen LogP contribution in [0, 0.1) is 0 Å². The topological polar surface area (TPSA) is 65.5 Å². The third kappa shape index (κ3) is 3.84. The summed E-state index contributed by atoms with van der Waals surface area (Å²) in [7, 11) is 0. The number of esters is 2. The highest BCUT2D eigenvalue weighted by atomic mass is 16.6. The summed E-state index contributed by atoms with van der Waals surface area (Å²) in [5, 5.41) is 0. The van der Waals surface area contributed by atoms with Gasteiger partial charge in [-0.2, -0.15) is 0 Å². The Labute approximate surface area is 106 Å². The first-order chi connectivity index (χ1) is 8.35. The van der Waals surface area contributed by atoms with Gasteiger partial charge in [0.25, 0.3) is 0 Å².